The van der Waals surface area contributed by atoms with Crippen LogP contribution < -0.4 is 10.9 Å². The largest absolute Gasteiger partial charge is 0.352 e. The van der Waals surface area contributed by atoms with Gasteiger partial charge in [-0.15, -0.1) is 0 Å². The molecule has 0 aliphatic rings. The number of aromatic amines is 1. The van der Waals surface area contributed by atoms with Gasteiger partial charge in [0.2, 0.25) is 0 Å². The lowest BCUT2D eigenvalue weighted by atomic mass is 10.1. The second kappa shape index (κ2) is 7.31. The molecule has 0 aliphatic carbocycles. The molecule has 2 aromatic carbocycles. The molecular weight excluding hydrogens is 352 g/mol. The zero-order valence-electron chi connectivity index (χ0n) is 16.0. The Hall–Kier alpha value is -3.41. The molecule has 0 saturated heterocycles. The summed E-state index contributed by atoms with van der Waals surface area (Å²) in [6.45, 7) is 4.73. The summed E-state index contributed by atoms with van der Waals surface area (Å²) in [6, 6.07) is 13.2. The summed E-state index contributed by atoms with van der Waals surface area (Å²) >= 11 is 0. The second-order valence-electron chi connectivity index (χ2n) is 6.81. The van der Waals surface area contributed by atoms with Gasteiger partial charge >= 0.3 is 0 Å². The summed E-state index contributed by atoms with van der Waals surface area (Å²) in [5.41, 5.74) is 3.78. The summed E-state index contributed by atoms with van der Waals surface area (Å²) in [7, 11) is 0. The molecule has 1 amide bonds. The third-order valence-electron chi connectivity index (χ3n) is 4.93. The zero-order valence-corrected chi connectivity index (χ0v) is 16.0. The predicted octanol–water partition coefficient (Wildman–Crippen LogP) is 3.57. The number of rotatable bonds is 5. The van der Waals surface area contributed by atoms with E-state index in [9.17, 15) is 9.59 Å². The smallest absolute Gasteiger partial charge is 0.280 e. The molecule has 142 valence electrons. The summed E-state index contributed by atoms with van der Waals surface area (Å²) in [5.74, 6) is -0.127. The maximum Gasteiger partial charge on any atom is 0.280 e. The minimum Gasteiger partial charge on any atom is -0.352 e. The van der Waals surface area contributed by atoms with Crippen LogP contribution in [0.1, 0.15) is 36.2 Å². The molecule has 0 aliphatic heterocycles. The number of pyridine rings is 1. The lowest BCUT2D eigenvalue weighted by Gasteiger charge is -2.05. The van der Waals surface area contributed by atoms with Gasteiger partial charge in [0.25, 0.3) is 11.5 Å². The van der Waals surface area contributed by atoms with Gasteiger partial charge in [-0.1, -0.05) is 26.0 Å². The van der Waals surface area contributed by atoms with Gasteiger partial charge in [-0.3, -0.25) is 19.7 Å². The Balaban J connectivity index is 1.86. The molecular formula is C22H22N4O2. The number of nitrogens with zero attached hydrogens (tertiary/aromatic N) is 2. The first-order valence-corrected chi connectivity index (χ1v) is 9.53. The molecule has 2 aromatic heterocycles. The summed E-state index contributed by atoms with van der Waals surface area (Å²) in [5, 5.41) is 7.33. The van der Waals surface area contributed by atoms with Crippen LogP contribution in [0.15, 0.2) is 53.5 Å². The first-order valence-electron chi connectivity index (χ1n) is 9.53. The Morgan fingerprint density at radius 1 is 1.11 bits per heavy atom. The van der Waals surface area contributed by atoms with Gasteiger partial charge in [0.15, 0.2) is 0 Å². The number of hydrogen-bond acceptors (Lipinski definition) is 3. The van der Waals surface area contributed by atoms with Gasteiger partial charge in [-0.05, 0) is 48.7 Å². The minimum absolute atomic E-state index is 0.127. The molecule has 0 radical (unpaired) electrons. The fourth-order valence-corrected chi connectivity index (χ4v) is 3.30. The van der Waals surface area contributed by atoms with Crippen molar-refractivity contribution in [2.75, 3.05) is 6.54 Å². The number of aryl methyl sites for hydroxylation is 1. The van der Waals surface area contributed by atoms with Crippen molar-refractivity contribution in [3.05, 3.63) is 70.1 Å². The summed E-state index contributed by atoms with van der Waals surface area (Å²) in [4.78, 5) is 29.6. The van der Waals surface area contributed by atoms with E-state index in [-0.39, 0.29) is 11.5 Å². The molecule has 4 rings (SSSR count). The molecule has 28 heavy (non-hydrogen) atoms. The Morgan fingerprint density at radius 3 is 2.61 bits per heavy atom. The van der Waals surface area contributed by atoms with Crippen molar-refractivity contribution < 1.29 is 4.79 Å². The number of hydrogen-bond donors (Lipinski definition) is 2. The van der Waals surface area contributed by atoms with Crippen molar-refractivity contribution in [2.24, 2.45) is 0 Å². The number of nitrogens with one attached hydrogen (secondary N) is 2. The van der Waals surface area contributed by atoms with E-state index in [1.807, 2.05) is 31.2 Å². The quantitative estimate of drug-likeness (QED) is 0.560. The van der Waals surface area contributed by atoms with E-state index in [0.717, 1.165) is 29.4 Å². The standard InChI is InChI=1S/C22H22N4O2/c1-3-11-23-21(27)15-7-10-19-17(12-15)20-18(13-24-19)22(28)26(25-20)16-8-5-14(4-2)6-9-16/h5-10,12-13,25H,3-4,11H2,1-2H3,(H,23,27). The van der Waals surface area contributed by atoms with Gasteiger partial charge in [-0.25, -0.2) is 4.68 Å². The number of benzene rings is 2. The van der Waals surface area contributed by atoms with Crippen LogP contribution in [-0.2, 0) is 6.42 Å². The third kappa shape index (κ3) is 3.07. The number of aromatic nitrogens is 3. The van der Waals surface area contributed by atoms with Crippen LogP contribution >= 0.6 is 0 Å². The number of H-pyrrole nitrogens is 1. The highest BCUT2D eigenvalue weighted by molar-refractivity contribution is 6.06. The van der Waals surface area contributed by atoms with Crippen molar-refractivity contribution in [1.82, 2.24) is 20.1 Å². The van der Waals surface area contributed by atoms with Crippen LogP contribution in [0.5, 0.6) is 0 Å². The van der Waals surface area contributed by atoms with E-state index >= 15 is 0 Å². The van der Waals surface area contributed by atoms with E-state index < -0.39 is 0 Å². The van der Waals surface area contributed by atoms with Gasteiger partial charge in [0.1, 0.15) is 0 Å². The fourth-order valence-electron chi connectivity index (χ4n) is 3.30. The van der Waals surface area contributed by atoms with Crippen LogP contribution in [0.25, 0.3) is 27.5 Å². The SMILES string of the molecule is CCCNC(=O)c1ccc2ncc3c(=O)n(-c4ccc(CC)cc4)[nH]c3c2c1. The maximum absolute atomic E-state index is 12.9. The fraction of sp³-hybridized carbons (Fsp3) is 0.227. The van der Waals surface area contributed by atoms with Crippen molar-refractivity contribution in [2.45, 2.75) is 26.7 Å². The molecule has 2 heterocycles. The molecule has 0 atom stereocenters. The molecule has 0 spiro atoms. The van der Waals surface area contributed by atoms with Crippen molar-refractivity contribution >= 4 is 27.7 Å². The van der Waals surface area contributed by atoms with Gasteiger partial charge < -0.3 is 5.32 Å². The van der Waals surface area contributed by atoms with Crippen LogP contribution in [0.4, 0.5) is 0 Å². The summed E-state index contributed by atoms with van der Waals surface area (Å²) < 4.78 is 1.52. The van der Waals surface area contributed by atoms with Gasteiger partial charge in [-0.2, -0.15) is 0 Å². The number of fused-ring (bicyclic) bond motifs is 3. The maximum atomic E-state index is 12.9. The summed E-state index contributed by atoms with van der Waals surface area (Å²) in [6.07, 6.45) is 3.40. The third-order valence-corrected chi connectivity index (χ3v) is 4.93. The second-order valence-corrected chi connectivity index (χ2v) is 6.81. The van der Waals surface area contributed by atoms with E-state index in [1.54, 1.807) is 24.4 Å². The molecule has 2 N–H and O–H groups in total. The van der Waals surface area contributed by atoms with E-state index in [4.69, 9.17) is 0 Å². The first kappa shape index (κ1) is 18.0. The molecule has 0 fully saturated rings. The van der Waals surface area contributed by atoms with Crippen molar-refractivity contribution in [3.8, 4) is 5.69 Å². The Morgan fingerprint density at radius 2 is 1.89 bits per heavy atom. The van der Waals surface area contributed by atoms with Crippen molar-refractivity contribution in [1.29, 1.82) is 0 Å². The van der Waals surface area contributed by atoms with Crippen molar-refractivity contribution in [3.63, 3.8) is 0 Å². The lowest BCUT2D eigenvalue weighted by Crippen LogP contribution is -2.23. The van der Waals surface area contributed by atoms with Crippen LogP contribution in [0, 0.1) is 0 Å². The molecule has 0 saturated carbocycles. The Labute approximate surface area is 162 Å². The number of carbonyl (C=O) groups is 1. The topological polar surface area (TPSA) is 79.8 Å². The van der Waals surface area contributed by atoms with E-state index in [2.05, 4.69) is 22.3 Å². The monoisotopic (exact) mass is 374 g/mol. The average molecular weight is 374 g/mol. The van der Waals surface area contributed by atoms with E-state index in [1.165, 1.54) is 10.2 Å². The highest BCUT2D eigenvalue weighted by Crippen LogP contribution is 2.22. The Kier molecular flexibility index (Phi) is 4.69. The predicted molar refractivity (Wildman–Crippen MR) is 111 cm³/mol. The van der Waals surface area contributed by atoms with Crippen LogP contribution in [0.2, 0.25) is 0 Å². The van der Waals surface area contributed by atoms with Crippen LogP contribution in [0.3, 0.4) is 0 Å². The van der Waals surface area contributed by atoms with Crippen LogP contribution in [-0.4, -0.2) is 27.2 Å². The molecule has 0 unspecified atom stereocenters. The molecule has 0 bridgehead atoms. The number of carbonyl (C=O) groups excluding carboxylic acids is 1. The zero-order chi connectivity index (χ0) is 19.7. The average Bonchev–Trinajstić information content (AvgIpc) is 3.08. The highest BCUT2D eigenvalue weighted by atomic mass is 16.1. The molecule has 4 aromatic rings. The lowest BCUT2D eigenvalue weighted by molar-refractivity contribution is 0.0954. The van der Waals surface area contributed by atoms with Gasteiger partial charge in [0.05, 0.1) is 22.1 Å². The highest BCUT2D eigenvalue weighted by Gasteiger charge is 2.14. The normalized spacial score (nSPS) is 11.2. The van der Waals surface area contributed by atoms with Gasteiger partial charge in [0, 0.05) is 23.7 Å². The first-order chi connectivity index (χ1) is 13.6. The minimum atomic E-state index is -0.158. The Bertz CT molecular complexity index is 1220. The molecule has 6 heteroatoms. The number of amides is 1. The van der Waals surface area contributed by atoms with E-state index in [0.29, 0.717) is 23.0 Å². The molecule has 6 nitrogen and oxygen atoms in total.